The first kappa shape index (κ1) is 19.8. The molecule has 4 nitrogen and oxygen atoms in total. The minimum Gasteiger partial charge on any atom is -0.279 e. The largest absolute Gasteiger partial charge is 0.279 e. The zero-order valence-corrected chi connectivity index (χ0v) is 18.4. The van der Waals surface area contributed by atoms with E-state index < -0.39 is 10.0 Å². The highest BCUT2D eigenvalue weighted by Crippen LogP contribution is 2.26. The van der Waals surface area contributed by atoms with Crippen molar-refractivity contribution in [3.63, 3.8) is 0 Å². The summed E-state index contributed by atoms with van der Waals surface area (Å²) in [5.41, 5.74) is 4.24. The number of thiophene rings is 1. The van der Waals surface area contributed by atoms with Crippen molar-refractivity contribution >= 4 is 54.9 Å². The molecule has 0 radical (unpaired) electrons. The summed E-state index contributed by atoms with van der Waals surface area (Å²) in [6.07, 6.45) is 1.76. The molecule has 0 fully saturated rings. The number of halogens is 1. The molecule has 7 heteroatoms. The van der Waals surface area contributed by atoms with Crippen LogP contribution in [-0.2, 0) is 10.0 Å². The summed E-state index contributed by atoms with van der Waals surface area (Å²) < 4.78 is 29.2. The van der Waals surface area contributed by atoms with Gasteiger partial charge in [0.25, 0.3) is 10.0 Å². The third-order valence-corrected chi connectivity index (χ3v) is 6.92. The van der Waals surface area contributed by atoms with Gasteiger partial charge in [-0.1, -0.05) is 17.7 Å². The van der Waals surface area contributed by atoms with E-state index in [9.17, 15) is 8.42 Å². The summed E-state index contributed by atoms with van der Waals surface area (Å²) in [6.45, 7) is 5.80. The highest BCUT2D eigenvalue weighted by molar-refractivity contribution is 9.11. The molecule has 0 amide bonds. The molecule has 1 heterocycles. The smallest absolute Gasteiger partial charge is 0.261 e. The standard InChI is InChI=1S/C20H19BrN2O2S2/c1-13-10-14(2)20(15(3)11-13)23-27(24,25)18-7-4-16(5-8-18)22-12-17-6-9-19(21)26-17/h4-12,23H,1-3H3. The number of hydrogen-bond acceptors (Lipinski definition) is 4. The van der Waals surface area contributed by atoms with Crippen LogP contribution >= 0.6 is 27.3 Å². The van der Waals surface area contributed by atoms with Gasteiger partial charge in [0.2, 0.25) is 0 Å². The molecule has 0 saturated carbocycles. The van der Waals surface area contributed by atoms with Gasteiger partial charge in [-0.3, -0.25) is 9.71 Å². The van der Waals surface area contributed by atoms with E-state index in [1.54, 1.807) is 41.8 Å². The molecule has 0 aliphatic carbocycles. The average molecular weight is 463 g/mol. The molecule has 3 aromatic rings. The molecule has 0 saturated heterocycles. The topological polar surface area (TPSA) is 58.5 Å². The molecular weight excluding hydrogens is 444 g/mol. The lowest BCUT2D eigenvalue weighted by Gasteiger charge is -2.14. The van der Waals surface area contributed by atoms with Gasteiger partial charge in [0.15, 0.2) is 0 Å². The fourth-order valence-corrected chi connectivity index (χ4v) is 5.28. The molecular formula is C20H19BrN2O2S2. The van der Waals surface area contributed by atoms with Crippen LogP contribution in [0.2, 0.25) is 0 Å². The Morgan fingerprint density at radius 1 is 1.00 bits per heavy atom. The molecule has 0 aliphatic heterocycles. The number of rotatable bonds is 5. The second-order valence-electron chi connectivity index (χ2n) is 6.27. The second-order valence-corrected chi connectivity index (χ2v) is 10.5. The monoisotopic (exact) mass is 462 g/mol. The second kappa shape index (κ2) is 7.96. The van der Waals surface area contributed by atoms with Gasteiger partial charge < -0.3 is 0 Å². The van der Waals surface area contributed by atoms with Crippen molar-refractivity contribution in [2.75, 3.05) is 4.72 Å². The Morgan fingerprint density at radius 2 is 1.63 bits per heavy atom. The van der Waals surface area contributed by atoms with E-state index in [1.165, 1.54) is 0 Å². The Bertz CT molecular complexity index is 1080. The van der Waals surface area contributed by atoms with Crippen molar-refractivity contribution in [3.05, 3.63) is 73.9 Å². The highest BCUT2D eigenvalue weighted by Gasteiger charge is 2.16. The van der Waals surface area contributed by atoms with Crippen LogP contribution in [0.4, 0.5) is 11.4 Å². The summed E-state index contributed by atoms with van der Waals surface area (Å²) in [5, 5.41) is 0. The van der Waals surface area contributed by atoms with E-state index in [-0.39, 0.29) is 4.90 Å². The maximum atomic E-state index is 12.7. The van der Waals surface area contributed by atoms with Crippen molar-refractivity contribution < 1.29 is 8.42 Å². The molecule has 0 bridgehead atoms. The first-order chi connectivity index (χ1) is 12.7. The van der Waals surface area contributed by atoms with Gasteiger partial charge in [-0.05, 0) is 84.2 Å². The Hall–Kier alpha value is -1.96. The Balaban J connectivity index is 1.80. The summed E-state index contributed by atoms with van der Waals surface area (Å²) in [6, 6.07) is 14.4. The Kier molecular flexibility index (Phi) is 5.83. The number of aryl methyl sites for hydroxylation is 3. The van der Waals surface area contributed by atoms with Crippen molar-refractivity contribution in [1.82, 2.24) is 0 Å². The van der Waals surface area contributed by atoms with E-state index in [0.717, 1.165) is 25.4 Å². The number of nitrogens with one attached hydrogen (secondary N) is 1. The molecule has 27 heavy (non-hydrogen) atoms. The number of nitrogens with zero attached hydrogens (tertiary/aromatic N) is 1. The van der Waals surface area contributed by atoms with Crippen molar-refractivity contribution in [2.24, 2.45) is 4.99 Å². The van der Waals surface area contributed by atoms with Crippen LogP contribution in [0.25, 0.3) is 0 Å². The van der Waals surface area contributed by atoms with Gasteiger partial charge in [0.05, 0.1) is 20.1 Å². The molecule has 0 aliphatic rings. The molecule has 140 valence electrons. The highest BCUT2D eigenvalue weighted by atomic mass is 79.9. The molecule has 3 rings (SSSR count). The van der Waals surface area contributed by atoms with Crippen molar-refractivity contribution in [2.45, 2.75) is 25.7 Å². The maximum absolute atomic E-state index is 12.7. The normalized spacial score (nSPS) is 11.9. The fourth-order valence-electron chi connectivity index (χ4n) is 2.78. The first-order valence-corrected chi connectivity index (χ1v) is 11.3. The van der Waals surface area contributed by atoms with Crippen LogP contribution in [-0.4, -0.2) is 14.6 Å². The van der Waals surface area contributed by atoms with Crippen LogP contribution < -0.4 is 4.72 Å². The quantitative estimate of drug-likeness (QED) is 0.473. The molecule has 1 N–H and O–H groups in total. The number of hydrogen-bond donors (Lipinski definition) is 1. The van der Waals surface area contributed by atoms with Gasteiger partial charge in [0, 0.05) is 11.1 Å². The molecule has 0 unspecified atom stereocenters. The van der Waals surface area contributed by atoms with Gasteiger partial charge in [0.1, 0.15) is 0 Å². The lowest BCUT2D eigenvalue weighted by Crippen LogP contribution is -2.14. The van der Waals surface area contributed by atoms with Crippen LogP contribution in [0, 0.1) is 20.8 Å². The van der Waals surface area contributed by atoms with E-state index in [0.29, 0.717) is 11.4 Å². The lowest BCUT2D eigenvalue weighted by molar-refractivity contribution is 0.601. The first-order valence-electron chi connectivity index (χ1n) is 8.25. The number of aliphatic imine (C=N–C) groups is 1. The van der Waals surface area contributed by atoms with Crippen molar-refractivity contribution in [1.29, 1.82) is 0 Å². The predicted molar refractivity (Wildman–Crippen MR) is 117 cm³/mol. The predicted octanol–water partition coefficient (Wildman–Crippen LogP) is 5.99. The van der Waals surface area contributed by atoms with E-state index >= 15 is 0 Å². The average Bonchev–Trinajstić information content (AvgIpc) is 3.02. The van der Waals surface area contributed by atoms with E-state index in [1.807, 2.05) is 45.0 Å². The fraction of sp³-hybridized carbons (Fsp3) is 0.150. The molecule has 2 aromatic carbocycles. The third kappa shape index (κ3) is 4.86. The van der Waals surface area contributed by atoms with Crippen LogP contribution in [0.3, 0.4) is 0 Å². The van der Waals surface area contributed by atoms with E-state index in [4.69, 9.17) is 0 Å². The van der Waals surface area contributed by atoms with Crippen LogP contribution in [0.15, 0.2) is 62.2 Å². The summed E-state index contributed by atoms with van der Waals surface area (Å²) in [4.78, 5) is 5.61. The van der Waals surface area contributed by atoms with Crippen molar-refractivity contribution in [3.8, 4) is 0 Å². The van der Waals surface area contributed by atoms with Gasteiger partial charge in [-0.15, -0.1) is 11.3 Å². The lowest BCUT2D eigenvalue weighted by atomic mass is 10.1. The van der Waals surface area contributed by atoms with Crippen LogP contribution in [0.1, 0.15) is 21.6 Å². The Labute approximate surface area is 172 Å². The Morgan fingerprint density at radius 3 is 2.19 bits per heavy atom. The summed E-state index contributed by atoms with van der Waals surface area (Å²) in [7, 11) is -3.66. The zero-order chi connectivity index (χ0) is 19.6. The minimum atomic E-state index is -3.66. The molecule has 1 aromatic heterocycles. The zero-order valence-electron chi connectivity index (χ0n) is 15.2. The number of benzene rings is 2. The summed E-state index contributed by atoms with van der Waals surface area (Å²) in [5.74, 6) is 0. The molecule has 0 spiro atoms. The third-order valence-electron chi connectivity index (χ3n) is 4.00. The van der Waals surface area contributed by atoms with Gasteiger partial charge >= 0.3 is 0 Å². The minimum absolute atomic E-state index is 0.208. The van der Waals surface area contributed by atoms with E-state index in [2.05, 4.69) is 25.6 Å². The number of anilines is 1. The number of sulfonamides is 1. The van der Waals surface area contributed by atoms with Gasteiger partial charge in [-0.25, -0.2) is 8.42 Å². The van der Waals surface area contributed by atoms with Gasteiger partial charge in [-0.2, -0.15) is 0 Å². The molecule has 0 atom stereocenters. The SMILES string of the molecule is Cc1cc(C)c(NS(=O)(=O)c2ccc(N=Cc3ccc(Br)s3)cc2)c(C)c1. The summed E-state index contributed by atoms with van der Waals surface area (Å²) >= 11 is 4.99. The van der Waals surface area contributed by atoms with Crippen LogP contribution in [0.5, 0.6) is 0 Å². The maximum Gasteiger partial charge on any atom is 0.261 e.